The Hall–Kier alpha value is -4.98. The number of hydrogen-bond acceptors (Lipinski definition) is 8. The number of ether oxygens (including phenoxy) is 1. The fourth-order valence-electron chi connectivity index (χ4n) is 4.70. The van der Waals surface area contributed by atoms with Crippen molar-refractivity contribution in [1.82, 2.24) is 15.5 Å². The highest BCUT2D eigenvalue weighted by Gasteiger charge is 2.41. The maximum absolute atomic E-state index is 14.3. The zero-order valence-corrected chi connectivity index (χ0v) is 27.4. The van der Waals surface area contributed by atoms with E-state index in [9.17, 15) is 24.0 Å². The molecule has 0 heterocycles. The van der Waals surface area contributed by atoms with E-state index in [1.54, 1.807) is 68.4 Å². The molecule has 2 rings (SSSR count). The molecule has 14 heteroatoms. The van der Waals surface area contributed by atoms with Crippen LogP contribution in [0.4, 0.5) is 4.79 Å². The molecular formula is C33H48N8O6. The van der Waals surface area contributed by atoms with Gasteiger partial charge in [0.15, 0.2) is 5.96 Å². The maximum Gasteiger partial charge on any atom is 0.408 e. The number of rotatable bonds is 17. The lowest BCUT2D eigenvalue weighted by atomic mass is 9.96. The van der Waals surface area contributed by atoms with Crippen LogP contribution in [-0.4, -0.2) is 65.3 Å². The van der Waals surface area contributed by atoms with Crippen LogP contribution in [-0.2, 0) is 30.5 Å². The summed E-state index contributed by atoms with van der Waals surface area (Å²) in [6.07, 6.45) is -0.394. The Morgan fingerprint density at radius 1 is 0.830 bits per heavy atom. The van der Waals surface area contributed by atoms with Crippen molar-refractivity contribution in [1.29, 1.82) is 0 Å². The molecule has 0 saturated carbocycles. The van der Waals surface area contributed by atoms with E-state index in [1.807, 2.05) is 19.9 Å². The molecule has 0 aliphatic rings. The molecule has 47 heavy (non-hydrogen) atoms. The minimum Gasteiger partial charge on any atom is -0.445 e. The fraction of sp³-hybridized carbons (Fsp3) is 0.455. The number of alkyl carbamates (subject to hydrolysis) is 1. The SMILES string of the molecule is CC(C)C[C@H](NC(=O)[C@H](CCCN=C(N)N)NC(=O)OCc1ccccc1)C(=O)N(C(=O)[C@@H](N)C(C)C)[C@H](C(N)=O)c1ccccc1. The van der Waals surface area contributed by atoms with E-state index in [-0.39, 0.29) is 43.8 Å². The number of carbonyl (C=O) groups is 5. The van der Waals surface area contributed by atoms with Gasteiger partial charge in [-0.1, -0.05) is 88.4 Å². The summed E-state index contributed by atoms with van der Waals surface area (Å²) in [5.74, 6) is -4.03. The second-order valence-corrected chi connectivity index (χ2v) is 11.9. The molecule has 0 aromatic heterocycles. The van der Waals surface area contributed by atoms with Crippen LogP contribution in [0, 0.1) is 11.8 Å². The molecule has 2 aromatic rings. The first kappa shape index (κ1) is 38.2. The molecule has 0 radical (unpaired) electrons. The Morgan fingerprint density at radius 3 is 1.96 bits per heavy atom. The van der Waals surface area contributed by atoms with Crippen LogP contribution in [0.15, 0.2) is 65.7 Å². The van der Waals surface area contributed by atoms with E-state index in [0.717, 1.165) is 10.5 Å². The lowest BCUT2D eigenvalue weighted by molar-refractivity contribution is -0.155. The molecular weight excluding hydrogens is 604 g/mol. The summed E-state index contributed by atoms with van der Waals surface area (Å²) < 4.78 is 5.31. The third kappa shape index (κ3) is 12.4. The molecule has 10 N–H and O–H groups in total. The molecule has 0 saturated heterocycles. The van der Waals surface area contributed by atoms with Crippen LogP contribution in [0.2, 0.25) is 0 Å². The number of amides is 5. The normalized spacial score (nSPS) is 13.5. The summed E-state index contributed by atoms with van der Waals surface area (Å²) in [4.78, 5) is 72.1. The standard InChI is InChI=1S/C33H48N8O6/c1-20(2)18-25(30(44)41(31(45)26(34)21(3)4)27(28(35)42)23-14-9-6-10-15-23)39-29(43)24(16-11-17-38-32(36)37)40-33(46)47-19-22-12-7-5-8-13-22/h5-10,12-15,20-21,24-27H,11,16-19,34H2,1-4H3,(H2,35,42)(H,39,43)(H,40,46)(H4,36,37,38)/t24-,25-,26-,27-/m0/s1. The molecule has 0 unspecified atom stereocenters. The van der Waals surface area contributed by atoms with Crippen LogP contribution in [0.3, 0.4) is 0 Å². The van der Waals surface area contributed by atoms with Gasteiger partial charge in [0.25, 0.3) is 5.91 Å². The summed E-state index contributed by atoms with van der Waals surface area (Å²) in [6, 6.07) is 12.0. The lowest BCUT2D eigenvalue weighted by Gasteiger charge is -2.35. The van der Waals surface area contributed by atoms with Crippen LogP contribution in [0.5, 0.6) is 0 Å². The molecule has 0 spiro atoms. The molecule has 0 fully saturated rings. The van der Waals surface area contributed by atoms with E-state index >= 15 is 0 Å². The average molecular weight is 653 g/mol. The predicted octanol–water partition coefficient (Wildman–Crippen LogP) is 1.43. The summed E-state index contributed by atoms with van der Waals surface area (Å²) >= 11 is 0. The highest BCUT2D eigenvalue weighted by atomic mass is 16.5. The third-order valence-corrected chi connectivity index (χ3v) is 7.21. The van der Waals surface area contributed by atoms with Gasteiger partial charge in [0.2, 0.25) is 17.7 Å². The molecule has 0 aliphatic carbocycles. The number of carbonyl (C=O) groups excluding carboxylic acids is 5. The Labute approximate surface area is 275 Å². The summed E-state index contributed by atoms with van der Waals surface area (Å²) in [7, 11) is 0. The number of nitrogens with zero attached hydrogens (tertiary/aromatic N) is 2. The molecule has 4 atom stereocenters. The number of nitrogens with one attached hydrogen (secondary N) is 2. The van der Waals surface area contributed by atoms with Gasteiger partial charge in [0.05, 0.1) is 6.04 Å². The van der Waals surface area contributed by atoms with Gasteiger partial charge in [-0.15, -0.1) is 0 Å². The summed E-state index contributed by atoms with van der Waals surface area (Å²) in [5, 5.41) is 5.25. The number of primary amides is 1. The second-order valence-electron chi connectivity index (χ2n) is 11.9. The van der Waals surface area contributed by atoms with E-state index in [0.29, 0.717) is 12.0 Å². The smallest absolute Gasteiger partial charge is 0.408 e. The topological polar surface area (TPSA) is 238 Å². The van der Waals surface area contributed by atoms with Crippen molar-refractivity contribution in [3.8, 4) is 0 Å². The Kier molecular flexibility index (Phi) is 15.3. The molecule has 0 bridgehead atoms. The number of benzene rings is 2. The van der Waals surface area contributed by atoms with Gasteiger partial charge in [-0.05, 0) is 42.2 Å². The number of hydrogen-bond donors (Lipinski definition) is 6. The zero-order chi connectivity index (χ0) is 35.1. The minimum atomic E-state index is -1.49. The van der Waals surface area contributed by atoms with Crippen molar-refractivity contribution in [3.05, 3.63) is 71.8 Å². The van der Waals surface area contributed by atoms with Gasteiger partial charge in [0, 0.05) is 6.54 Å². The third-order valence-electron chi connectivity index (χ3n) is 7.21. The van der Waals surface area contributed by atoms with E-state index in [4.69, 9.17) is 27.7 Å². The van der Waals surface area contributed by atoms with Crippen molar-refractivity contribution >= 4 is 35.7 Å². The first-order chi connectivity index (χ1) is 22.2. The highest BCUT2D eigenvalue weighted by molar-refractivity contribution is 6.05. The number of guanidine groups is 1. The first-order valence-electron chi connectivity index (χ1n) is 15.5. The maximum atomic E-state index is 14.3. The van der Waals surface area contributed by atoms with Gasteiger partial charge in [-0.25, -0.2) is 4.79 Å². The first-order valence-corrected chi connectivity index (χ1v) is 15.5. The van der Waals surface area contributed by atoms with E-state index in [2.05, 4.69) is 15.6 Å². The van der Waals surface area contributed by atoms with Crippen LogP contribution >= 0.6 is 0 Å². The van der Waals surface area contributed by atoms with Crippen molar-refractivity contribution in [2.45, 2.75) is 77.7 Å². The van der Waals surface area contributed by atoms with Gasteiger partial charge < -0.3 is 38.3 Å². The molecule has 5 amide bonds. The van der Waals surface area contributed by atoms with E-state index < -0.39 is 53.9 Å². The van der Waals surface area contributed by atoms with Gasteiger partial charge in [-0.2, -0.15) is 0 Å². The molecule has 256 valence electrons. The Bertz CT molecular complexity index is 1370. The van der Waals surface area contributed by atoms with Crippen molar-refractivity contribution in [2.24, 2.45) is 39.8 Å². The monoisotopic (exact) mass is 652 g/mol. The number of aliphatic imine (C=N–C) groups is 1. The quantitative estimate of drug-likeness (QED) is 0.0822. The summed E-state index contributed by atoms with van der Waals surface area (Å²) in [5.41, 5.74) is 23.9. The van der Waals surface area contributed by atoms with Gasteiger partial charge in [-0.3, -0.25) is 29.1 Å². The van der Waals surface area contributed by atoms with Crippen molar-refractivity contribution < 1.29 is 28.7 Å². The number of imide groups is 1. The molecule has 0 aliphatic heterocycles. The molecule has 14 nitrogen and oxygen atoms in total. The van der Waals surface area contributed by atoms with Crippen molar-refractivity contribution in [3.63, 3.8) is 0 Å². The van der Waals surface area contributed by atoms with Crippen molar-refractivity contribution in [2.75, 3.05) is 6.54 Å². The minimum absolute atomic E-state index is 0.0371. The van der Waals surface area contributed by atoms with Gasteiger partial charge >= 0.3 is 6.09 Å². The van der Waals surface area contributed by atoms with Gasteiger partial charge in [0.1, 0.15) is 24.7 Å². The van der Waals surface area contributed by atoms with Crippen LogP contribution in [0.1, 0.15) is 64.1 Å². The Balaban J connectivity index is 2.43. The zero-order valence-electron chi connectivity index (χ0n) is 27.4. The van der Waals surface area contributed by atoms with Crippen LogP contribution < -0.4 is 33.6 Å². The Morgan fingerprint density at radius 2 is 1.43 bits per heavy atom. The molecule has 2 aromatic carbocycles. The van der Waals surface area contributed by atoms with E-state index in [1.165, 1.54) is 0 Å². The largest absolute Gasteiger partial charge is 0.445 e. The fourth-order valence-corrected chi connectivity index (χ4v) is 4.70. The summed E-state index contributed by atoms with van der Waals surface area (Å²) in [6.45, 7) is 7.20. The second kappa shape index (κ2) is 18.9. The number of nitrogens with two attached hydrogens (primary N) is 4. The highest BCUT2D eigenvalue weighted by Crippen LogP contribution is 2.25. The lowest BCUT2D eigenvalue weighted by Crippen LogP contribution is -2.60. The average Bonchev–Trinajstić information content (AvgIpc) is 3.02. The predicted molar refractivity (Wildman–Crippen MR) is 178 cm³/mol. The van der Waals surface area contributed by atoms with Crippen LogP contribution in [0.25, 0.3) is 0 Å².